The number of rotatable bonds is 4. The van der Waals surface area contributed by atoms with Gasteiger partial charge in [-0.3, -0.25) is 4.79 Å². The molecule has 2 atom stereocenters. The van der Waals surface area contributed by atoms with Gasteiger partial charge in [0.05, 0.1) is 17.8 Å². The summed E-state index contributed by atoms with van der Waals surface area (Å²) in [4.78, 5) is 23.7. The fourth-order valence-corrected chi connectivity index (χ4v) is 5.04. The van der Waals surface area contributed by atoms with E-state index in [-0.39, 0.29) is 17.9 Å². The van der Waals surface area contributed by atoms with E-state index in [0.29, 0.717) is 28.5 Å². The smallest absolute Gasteiger partial charge is 0.308 e. The van der Waals surface area contributed by atoms with Gasteiger partial charge in [-0.1, -0.05) is 6.07 Å². The highest BCUT2D eigenvalue weighted by Crippen LogP contribution is 2.46. The quantitative estimate of drug-likeness (QED) is 0.635. The third-order valence-electron chi connectivity index (χ3n) is 6.34. The first kappa shape index (κ1) is 17.2. The molecule has 3 aromatic heterocycles. The molecular formula is C21H21FN4O2. The van der Waals surface area contributed by atoms with Crippen molar-refractivity contribution in [3.05, 3.63) is 42.5 Å². The van der Waals surface area contributed by atoms with E-state index in [2.05, 4.69) is 15.3 Å². The summed E-state index contributed by atoms with van der Waals surface area (Å²) in [7, 11) is 0. The number of aromatic nitrogens is 3. The number of anilines is 1. The molecule has 6 nitrogen and oxygen atoms in total. The number of carboxylic acids is 1. The van der Waals surface area contributed by atoms with Gasteiger partial charge >= 0.3 is 5.97 Å². The molecule has 2 bridgehead atoms. The van der Waals surface area contributed by atoms with Crippen LogP contribution in [0.4, 0.5) is 10.2 Å². The number of halogens is 1. The first-order valence-corrected chi connectivity index (χ1v) is 9.69. The van der Waals surface area contributed by atoms with Gasteiger partial charge in [0.2, 0.25) is 0 Å². The fraction of sp³-hybridized carbons (Fsp3) is 0.381. The van der Waals surface area contributed by atoms with E-state index >= 15 is 0 Å². The van der Waals surface area contributed by atoms with Crippen molar-refractivity contribution in [3.8, 4) is 11.3 Å². The molecule has 3 fully saturated rings. The second-order valence-corrected chi connectivity index (χ2v) is 7.87. The van der Waals surface area contributed by atoms with Crippen LogP contribution in [-0.4, -0.2) is 32.1 Å². The summed E-state index contributed by atoms with van der Waals surface area (Å²) in [6.07, 6.45) is 7.09. The van der Waals surface area contributed by atoms with Gasteiger partial charge in [-0.15, -0.1) is 0 Å². The molecule has 28 heavy (non-hydrogen) atoms. The summed E-state index contributed by atoms with van der Waals surface area (Å²) in [6.45, 7) is 0. The van der Waals surface area contributed by atoms with Crippen LogP contribution >= 0.6 is 0 Å². The van der Waals surface area contributed by atoms with Crippen LogP contribution in [0.5, 0.6) is 0 Å². The summed E-state index contributed by atoms with van der Waals surface area (Å²) in [5.74, 6) is -0.232. The molecule has 3 aliphatic carbocycles. The van der Waals surface area contributed by atoms with Crippen LogP contribution in [-0.2, 0) is 4.79 Å². The standard InChI is InChI=1S/C21H21FN4O2/c22-13-8-14-15(10-24-20(14)23-9-13)16-2-1-3-17(25-16)26-19-12-6-4-11(5-7-12)18(19)21(27)28/h1-3,8-12,18-19H,4-7H2,(H,23,24)(H,25,26)(H,27,28). The zero-order valence-corrected chi connectivity index (χ0v) is 15.2. The molecule has 0 spiro atoms. The number of nitrogens with zero attached hydrogens (tertiary/aromatic N) is 2. The van der Waals surface area contributed by atoms with Crippen molar-refractivity contribution in [3.63, 3.8) is 0 Å². The lowest BCUT2D eigenvalue weighted by atomic mass is 9.61. The molecular weight excluding hydrogens is 359 g/mol. The van der Waals surface area contributed by atoms with Crippen molar-refractivity contribution in [2.45, 2.75) is 31.7 Å². The summed E-state index contributed by atoms with van der Waals surface area (Å²) in [5.41, 5.74) is 2.06. The molecule has 3 heterocycles. The minimum Gasteiger partial charge on any atom is -0.481 e. The maximum atomic E-state index is 13.6. The fourth-order valence-electron chi connectivity index (χ4n) is 5.04. The maximum absolute atomic E-state index is 13.6. The first-order chi connectivity index (χ1) is 13.6. The summed E-state index contributed by atoms with van der Waals surface area (Å²) in [6, 6.07) is 6.94. The average Bonchev–Trinajstić information content (AvgIpc) is 3.12. The second kappa shape index (κ2) is 6.58. The molecule has 0 aliphatic heterocycles. The van der Waals surface area contributed by atoms with Gasteiger partial charge in [0.25, 0.3) is 0 Å². The Morgan fingerprint density at radius 2 is 2.00 bits per heavy atom. The number of aliphatic carboxylic acids is 1. The molecule has 144 valence electrons. The van der Waals surface area contributed by atoms with Crippen LogP contribution in [0.3, 0.4) is 0 Å². The van der Waals surface area contributed by atoms with Crippen molar-refractivity contribution in [2.75, 3.05) is 5.32 Å². The molecule has 3 aromatic rings. The third-order valence-corrected chi connectivity index (χ3v) is 6.34. The van der Waals surface area contributed by atoms with Crippen LogP contribution < -0.4 is 5.32 Å². The minimum atomic E-state index is -0.721. The zero-order chi connectivity index (χ0) is 19.3. The van der Waals surface area contributed by atoms with Crippen LogP contribution in [0.15, 0.2) is 36.7 Å². The lowest BCUT2D eigenvalue weighted by Crippen LogP contribution is -2.51. The number of carboxylic acid groups (broad SMARTS) is 1. The second-order valence-electron chi connectivity index (χ2n) is 7.87. The molecule has 0 amide bonds. The van der Waals surface area contributed by atoms with Gasteiger partial charge < -0.3 is 15.4 Å². The maximum Gasteiger partial charge on any atom is 0.308 e. The number of pyridine rings is 2. The van der Waals surface area contributed by atoms with E-state index < -0.39 is 11.8 Å². The van der Waals surface area contributed by atoms with E-state index in [4.69, 9.17) is 4.98 Å². The van der Waals surface area contributed by atoms with Crippen molar-refractivity contribution in [1.29, 1.82) is 0 Å². The lowest BCUT2D eigenvalue weighted by molar-refractivity contribution is -0.148. The highest BCUT2D eigenvalue weighted by molar-refractivity contribution is 5.92. The molecule has 7 heteroatoms. The van der Waals surface area contributed by atoms with Gasteiger partial charge in [0.1, 0.15) is 17.3 Å². The highest BCUT2D eigenvalue weighted by atomic mass is 19.1. The third kappa shape index (κ3) is 2.82. The Morgan fingerprint density at radius 1 is 1.21 bits per heavy atom. The van der Waals surface area contributed by atoms with Gasteiger partial charge in [0.15, 0.2) is 0 Å². The Bertz CT molecular complexity index is 1040. The number of nitrogens with one attached hydrogen (secondary N) is 2. The van der Waals surface area contributed by atoms with E-state index in [9.17, 15) is 14.3 Å². The van der Waals surface area contributed by atoms with Gasteiger partial charge in [-0.25, -0.2) is 14.4 Å². The van der Waals surface area contributed by atoms with Gasteiger partial charge in [-0.2, -0.15) is 0 Å². The van der Waals surface area contributed by atoms with Gasteiger partial charge in [-0.05, 0) is 55.7 Å². The van der Waals surface area contributed by atoms with Crippen LogP contribution in [0.2, 0.25) is 0 Å². The van der Waals surface area contributed by atoms with Crippen LogP contribution in [0.25, 0.3) is 22.3 Å². The Kier molecular flexibility index (Phi) is 4.03. The summed E-state index contributed by atoms with van der Waals surface area (Å²) < 4.78 is 13.6. The monoisotopic (exact) mass is 380 g/mol. The van der Waals surface area contributed by atoms with Crippen LogP contribution in [0.1, 0.15) is 25.7 Å². The molecule has 6 rings (SSSR count). The molecule has 3 saturated carbocycles. The Labute approximate surface area is 161 Å². The number of hydrogen-bond donors (Lipinski definition) is 3. The minimum absolute atomic E-state index is 0.102. The number of carbonyl (C=O) groups is 1. The Hall–Kier alpha value is -2.96. The predicted molar refractivity (Wildman–Crippen MR) is 103 cm³/mol. The Morgan fingerprint density at radius 3 is 2.79 bits per heavy atom. The molecule has 3 N–H and O–H groups in total. The number of aromatic amines is 1. The summed E-state index contributed by atoms with van der Waals surface area (Å²) >= 11 is 0. The van der Waals surface area contributed by atoms with Crippen molar-refractivity contribution >= 4 is 22.8 Å². The van der Waals surface area contributed by atoms with E-state index in [1.807, 2.05) is 18.2 Å². The zero-order valence-electron chi connectivity index (χ0n) is 15.2. The van der Waals surface area contributed by atoms with E-state index in [1.165, 1.54) is 12.3 Å². The van der Waals surface area contributed by atoms with Gasteiger partial charge in [0, 0.05) is 23.2 Å². The summed E-state index contributed by atoms with van der Waals surface area (Å²) in [5, 5.41) is 13.8. The SMILES string of the molecule is O=C(O)C1C2CCC(CC2)C1Nc1cccc(-c2c[nH]c3ncc(F)cc23)n1. The van der Waals surface area contributed by atoms with Crippen molar-refractivity contribution in [1.82, 2.24) is 15.0 Å². The molecule has 2 unspecified atom stereocenters. The first-order valence-electron chi connectivity index (χ1n) is 9.69. The predicted octanol–water partition coefficient (Wildman–Crippen LogP) is 4.07. The van der Waals surface area contributed by atoms with E-state index in [1.54, 1.807) is 6.20 Å². The molecule has 0 radical (unpaired) electrons. The van der Waals surface area contributed by atoms with E-state index in [0.717, 1.165) is 31.2 Å². The highest BCUT2D eigenvalue weighted by Gasteiger charge is 2.47. The largest absolute Gasteiger partial charge is 0.481 e. The number of H-pyrrole nitrogens is 1. The molecule has 0 aromatic carbocycles. The normalized spacial score (nSPS) is 26.5. The average molecular weight is 380 g/mol. The molecule has 0 saturated heterocycles. The number of hydrogen-bond acceptors (Lipinski definition) is 4. The Balaban J connectivity index is 1.47. The van der Waals surface area contributed by atoms with Crippen LogP contribution in [0, 0.1) is 23.6 Å². The van der Waals surface area contributed by atoms with Crippen molar-refractivity contribution in [2.24, 2.45) is 17.8 Å². The lowest BCUT2D eigenvalue weighted by Gasteiger charge is -2.47. The van der Waals surface area contributed by atoms with Crippen molar-refractivity contribution < 1.29 is 14.3 Å². The molecule has 3 aliphatic rings. The topological polar surface area (TPSA) is 90.9 Å². The number of fused-ring (bicyclic) bond motifs is 4.